The molecule has 17 heavy (non-hydrogen) atoms. The van der Waals surface area contributed by atoms with Gasteiger partial charge in [-0.3, -0.25) is 9.00 Å². The Balaban J connectivity index is 2.60. The SMILES string of the molecule is N#CCS(=O)C(CCc1ccccc1)C(=O)O. The molecule has 0 spiro atoms. The molecule has 2 atom stereocenters. The number of carboxylic acids is 1. The zero-order valence-corrected chi connectivity index (χ0v) is 10.0. The lowest BCUT2D eigenvalue weighted by Crippen LogP contribution is -2.27. The summed E-state index contributed by atoms with van der Waals surface area (Å²) in [5.74, 6) is -1.33. The van der Waals surface area contributed by atoms with Crippen LogP contribution in [0.15, 0.2) is 30.3 Å². The molecule has 0 aliphatic heterocycles. The summed E-state index contributed by atoms with van der Waals surface area (Å²) < 4.78 is 11.5. The molecule has 0 radical (unpaired) electrons. The first-order chi connectivity index (χ1) is 8.15. The van der Waals surface area contributed by atoms with Gasteiger partial charge in [0.25, 0.3) is 0 Å². The Kier molecular flexibility index (Phi) is 5.37. The van der Waals surface area contributed by atoms with E-state index < -0.39 is 22.0 Å². The average Bonchev–Trinajstić information content (AvgIpc) is 2.30. The molecular weight excluding hydrogens is 238 g/mol. The first-order valence-corrected chi connectivity index (χ1v) is 6.54. The normalized spacial score (nSPS) is 13.6. The van der Waals surface area contributed by atoms with Crippen LogP contribution >= 0.6 is 0 Å². The van der Waals surface area contributed by atoms with Crippen LogP contribution in [0.1, 0.15) is 12.0 Å². The largest absolute Gasteiger partial charge is 0.480 e. The maximum atomic E-state index is 11.5. The fourth-order valence-electron chi connectivity index (χ4n) is 1.47. The Hall–Kier alpha value is -1.67. The molecule has 90 valence electrons. The van der Waals surface area contributed by atoms with Crippen LogP contribution in [0.3, 0.4) is 0 Å². The number of hydrogen-bond donors (Lipinski definition) is 1. The quantitative estimate of drug-likeness (QED) is 0.827. The molecule has 0 saturated carbocycles. The molecule has 0 saturated heterocycles. The van der Waals surface area contributed by atoms with E-state index >= 15 is 0 Å². The van der Waals surface area contributed by atoms with Crippen molar-refractivity contribution in [2.45, 2.75) is 18.1 Å². The molecule has 0 aliphatic carbocycles. The molecular formula is C12H13NO3S. The van der Waals surface area contributed by atoms with Gasteiger partial charge in [-0.15, -0.1) is 0 Å². The first-order valence-electron chi connectivity index (χ1n) is 5.16. The van der Waals surface area contributed by atoms with Crippen molar-refractivity contribution in [3.05, 3.63) is 35.9 Å². The second-order valence-corrected chi connectivity index (χ2v) is 5.15. The lowest BCUT2D eigenvalue weighted by atomic mass is 10.1. The van der Waals surface area contributed by atoms with E-state index in [1.165, 1.54) is 0 Å². The molecule has 4 nitrogen and oxygen atoms in total. The first kappa shape index (κ1) is 13.4. The predicted molar refractivity (Wildman–Crippen MR) is 64.8 cm³/mol. The zero-order valence-electron chi connectivity index (χ0n) is 9.20. The van der Waals surface area contributed by atoms with Crippen LogP contribution in [-0.2, 0) is 22.0 Å². The summed E-state index contributed by atoms with van der Waals surface area (Å²) in [6.07, 6.45) is 0.836. The van der Waals surface area contributed by atoms with Crippen molar-refractivity contribution in [3.63, 3.8) is 0 Å². The third-order valence-electron chi connectivity index (χ3n) is 2.34. The lowest BCUT2D eigenvalue weighted by Gasteiger charge is -2.09. The van der Waals surface area contributed by atoms with Gasteiger partial charge in [-0.25, -0.2) is 0 Å². The zero-order chi connectivity index (χ0) is 12.7. The highest BCUT2D eigenvalue weighted by Crippen LogP contribution is 2.10. The van der Waals surface area contributed by atoms with Crippen LogP contribution in [0.4, 0.5) is 0 Å². The van der Waals surface area contributed by atoms with Gasteiger partial charge in [-0.05, 0) is 18.4 Å². The summed E-state index contributed by atoms with van der Waals surface area (Å²) in [6, 6.07) is 11.2. The number of aliphatic carboxylic acids is 1. The van der Waals surface area contributed by atoms with Crippen LogP contribution in [0.25, 0.3) is 0 Å². The van der Waals surface area contributed by atoms with Gasteiger partial charge in [0, 0.05) is 10.8 Å². The van der Waals surface area contributed by atoms with Gasteiger partial charge in [0.05, 0.1) is 6.07 Å². The minimum atomic E-state index is -1.62. The van der Waals surface area contributed by atoms with Gasteiger partial charge in [-0.2, -0.15) is 5.26 Å². The molecule has 1 aromatic carbocycles. The van der Waals surface area contributed by atoms with Crippen molar-refractivity contribution in [2.24, 2.45) is 0 Å². The molecule has 5 heteroatoms. The third kappa shape index (κ3) is 4.37. The minimum absolute atomic E-state index is 0.230. The smallest absolute Gasteiger partial charge is 0.319 e. The van der Waals surface area contributed by atoms with Gasteiger partial charge >= 0.3 is 5.97 Å². The van der Waals surface area contributed by atoms with Crippen LogP contribution in [0, 0.1) is 11.3 Å². The molecule has 0 fully saturated rings. The maximum absolute atomic E-state index is 11.5. The standard InChI is InChI=1S/C12H13NO3S/c13-8-9-17(16)11(12(14)15)7-6-10-4-2-1-3-5-10/h1-5,11H,6-7,9H2,(H,14,15). The molecule has 1 aromatic rings. The highest BCUT2D eigenvalue weighted by atomic mass is 32.2. The average molecular weight is 251 g/mol. The second kappa shape index (κ2) is 6.81. The Morgan fingerprint density at radius 1 is 1.41 bits per heavy atom. The van der Waals surface area contributed by atoms with E-state index in [1.807, 2.05) is 30.3 Å². The number of aryl methyl sites for hydroxylation is 1. The van der Waals surface area contributed by atoms with E-state index in [9.17, 15) is 9.00 Å². The van der Waals surface area contributed by atoms with E-state index in [-0.39, 0.29) is 12.2 Å². The van der Waals surface area contributed by atoms with Gasteiger partial charge < -0.3 is 5.11 Å². The van der Waals surface area contributed by atoms with Crippen LogP contribution < -0.4 is 0 Å². The van der Waals surface area contributed by atoms with Crippen molar-refractivity contribution in [3.8, 4) is 6.07 Å². The predicted octanol–water partition coefficient (Wildman–Crippen LogP) is 1.34. The van der Waals surface area contributed by atoms with Crippen molar-refractivity contribution >= 4 is 16.8 Å². The molecule has 1 rings (SSSR count). The molecule has 0 heterocycles. The van der Waals surface area contributed by atoms with Crippen LogP contribution in [0.5, 0.6) is 0 Å². The van der Waals surface area contributed by atoms with Crippen molar-refractivity contribution in [1.29, 1.82) is 5.26 Å². The van der Waals surface area contributed by atoms with Crippen LogP contribution in [-0.4, -0.2) is 26.3 Å². The maximum Gasteiger partial charge on any atom is 0.319 e. The minimum Gasteiger partial charge on any atom is -0.480 e. The molecule has 2 unspecified atom stereocenters. The summed E-state index contributed by atoms with van der Waals surface area (Å²) >= 11 is 0. The second-order valence-electron chi connectivity index (χ2n) is 3.53. The fourth-order valence-corrected chi connectivity index (χ4v) is 2.41. The van der Waals surface area contributed by atoms with E-state index in [0.29, 0.717) is 6.42 Å². The van der Waals surface area contributed by atoms with Gasteiger partial charge in [0.1, 0.15) is 11.0 Å². The summed E-state index contributed by atoms with van der Waals surface area (Å²) in [4.78, 5) is 10.9. The highest BCUT2D eigenvalue weighted by Gasteiger charge is 2.23. The molecule has 1 N–H and O–H groups in total. The number of hydrogen-bond acceptors (Lipinski definition) is 3. The number of benzene rings is 1. The van der Waals surface area contributed by atoms with E-state index in [1.54, 1.807) is 6.07 Å². The number of nitrogens with zero attached hydrogens (tertiary/aromatic N) is 1. The molecule has 0 aromatic heterocycles. The summed E-state index contributed by atoms with van der Waals surface area (Å²) in [5.41, 5.74) is 1.01. The van der Waals surface area contributed by atoms with Crippen molar-refractivity contribution in [1.82, 2.24) is 0 Å². The molecule has 0 amide bonds. The van der Waals surface area contributed by atoms with Crippen molar-refractivity contribution < 1.29 is 14.1 Å². The van der Waals surface area contributed by atoms with Gasteiger partial charge in [0.2, 0.25) is 0 Å². The number of carbonyl (C=O) groups is 1. The number of nitriles is 1. The Labute approximate surface area is 102 Å². The Morgan fingerprint density at radius 3 is 2.59 bits per heavy atom. The monoisotopic (exact) mass is 251 g/mol. The molecule has 0 bridgehead atoms. The lowest BCUT2D eigenvalue weighted by molar-refractivity contribution is -0.136. The third-order valence-corrected chi connectivity index (χ3v) is 3.82. The highest BCUT2D eigenvalue weighted by molar-refractivity contribution is 7.86. The van der Waals surface area contributed by atoms with E-state index in [4.69, 9.17) is 10.4 Å². The topological polar surface area (TPSA) is 78.2 Å². The van der Waals surface area contributed by atoms with E-state index in [0.717, 1.165) is 5.56 Å². The van der Waals surface area contributed by atoms with Gasteiger partial charge in [0.15, 0.2) is 0 Å². The summed E-state index contributed by atoms with van der Waals surface area (Å²) in [6.45, 7) is 0. The Bertz CT molecular complexity index is 439. The number of carboxylic acid groups (broad SMARTS) is 1. The van der Waals surface area contributed by atoms with E-state index in [2.05, 4.69) is 0 Å². The van der Waals surface area contributed by atoms with Gasteiger partial charge in [-0.1, -0.05) is 30.3 Å². The molecule has 0 aliphatic rings. The fraction of sp³-hybridized carbons (Fsp3) is 0.333. The Morgan fingerprint density at radius 2 is 2.06 bits per heavy atom. The van der Waals surface area contributed by atoms with Crippen LogP contribution in [0.2, 0.25) is 0 Å². The summed E-state index contributed by atoms with van der Waals surface area (Å²) in [7, 11) is -1.62. The number of rotatable bonds is 6. The van der Waals surface area contributed by atoms with Crippen molar-refractivity contribution in [2.75, 3.05) is 5.75 Å². The summed E-state index contributed by atoms with van der Waals surface area (Å²) in [5, 5.41) is 16.4.